The van der Waals surface area contributed by atoms with E-state index in [0.717, 1.165) is 20.8 Å². The molecule has 162 valence electrons. The highest BCUT2D eigenvalue weighted by Crippen LogP contribution is 2.65. The Morgan fingerprint density at radius 3 is 1.48 bits per heavy atom. The summed E-state index contributed by atoms with van der Waals surface area (Å²) >= 11 is 0. The van der Waals surface area contributed by atoms with Crippen molar-refractivity contribution in [2.45, 2.75) is 79.1 Å². The third-order valence-electron chi connectivity index (χ3n) is 6.68. The van der Waals surface area contributed by atoms with Gasteiger partial charge in [-0.15, -0.1) is 0 Å². The molecule has 0 saturated heterocycles. The molecule has 0 aliphatic carbocycles. The maximum Gasteiger partial charge on any atom is 0.428 e. The van der Waals surface area contributed by atoms with Gasteiger partial charge in [-0.2, -0.15) is 13.2 Å². The van der Waals surface area contributed by atoms with Crippen molar-refractivity contribution in [2.24, 2.45) is 22.2 Å². The highest BCUT2D eigenvalue weighted by molar-refractivity contribution is 5.17. The second kappa shape index (κ2) is 7.17. The first-order chi connectivity index (χ1) is 11.6. The lowest BCUT2D eigenvalue weighted by atomic mass is 9.55. The van der Waals surface area contributed by atoms with Crippen molar-refractivity contribution >= 4 is 0 Å². The van der Waals surface area contributed by atoms with E-state index >= 15 is 13.2 Å². The molecule has 0 radical (unpaired) electrons. The van der Waals surface area contributed by atoms with E-state index in [4.69, 9.17) is 0 Å². The Kier molecular flexibility index (Phi) is 6.94. The van der Waals surface area contributed by atoms with Crippen molar-refractivity contribution in [1.29, 1.82) is 0 Å². The molecule has 0 rings (SSSR count). The maximum absolute atomic E-state index is 15.4. The van der Waals surface area contributed by atoms with Crippen molar-refractivity contribution in [3.8, 4) is 0 Å². The number of hydrogen-bond donors (Lipinski definition) is 0. The Labute approximate surface area is 154 Å². The molecule has 0 bridgehead atoms. The van der Waals surface area contributed by atoms with Crippen LogP contribution in [0.5, 0.6) is 0 Å². The zero-order valence-corrected chi connectivity index (χ0v) is 16.5. The van der Waals surface area contributed by atoms with E-state index in [1.807, 2.05) is 0 Å². The topological polar surface area (TPSA) is 0 Å². The van der Waals surface area contributed by atoms with E-state index in [2.05, 4.69) is 6.58 Å². The molecule has 0 N–H and O–H groups in total. The molecule has 3 atom stereocenters. The van der Waals surface area contributed by atoms with Crippen LogP contribution in [-0.4, -0.2) is 24.2 Å². The molecule has 0 fully saturated rings. The highest BCUT2D eigenvalue weighted by Gasteiger charge is 2.81. The van der Waals surface area contributed by atoms with Gasteiger partial charge in [0.25, 0.3) is 11.6 Å². The van der Waals surface area contributed by atoms with Crippen molar-refractivity contribution in [3.63, 3.8) is 0 Å². The molecule has 0 aromatic rings. The van der Waals surface area contributed by atoms with Crippen molar-refractivity contribution in [1.82, 2.24) is 0 Å². The minimum absolute atomic E-state index is 0.479. The highest BCUT2D eigenvalue weighted by atomic mass is 19.4. The van der Waals surface area contributed by atoms with E-state index in [0.29, 0.717) is 27.7 Å². The quantitative estimate of drug-likeness (QED) is 0.356. The predicted octanol–water partition coefficient (Wildman–Crippen LogP) is 7.75. The minimum Gasteiger partial charge on any atom is -0.227 e. The van der Waals surface area contributed by atoms with Gasteiger partial charge in [-0.3, -0.25) is 0 Å². The molecule has 0 spiro atoms. The van der Waals surface area contributed by atoms with Crippen molar-refractivity contribution in [3.05, 3.63) is 12.4 Å². The summed E-state index contributed by atoms with van der Waals surface area (Å²) in [4.78, 5) is 0. The molecule has 0 heterocycles. The predicted molar refractivity (Wildman–Crippen MR) is 86.2 cm³/mol. The normalized spacial score (nSPS) is 20.2. The van der Waals surface area contributed by atoms with Gasteiger partial charge >= 0.3 is 6.18 Å². The Bertz CT molecular complexity index is 548. The zero-order valence-electron chi connectivity index (χ0n) is 16.5. The summed E-state index contributed by atoms with van der Waals surface area (Å²) in [6.45, 7) is 7.65. The van der Waals surface area contributed by atoms with Crippen LogP contribution in [0.15, 0.2) is 12.4 Å². The summed E-state index contributed by atoms with van der Waals surface area (Å²) in [6, 6.07) is 0. The molecule has 3 unspecified atom stereocenters. The van der Waals surface area contributed by atoms with E-state index in [1.165, 1.54) is 0 Å². The van der Waals surface area contributed by atoms with Gasteiger partial charge in [0.05, 0.1) is 5.83 Å². The molecule has 0 aromatic heterocycles. The fourth-order valence-corrected chi connectivity index (χ4v) is 3.11. The molecule has 0 aromatic carbocycles. The number of rotatable bonds is 8. The monoisotopic (exact) mass is 414 g/mol. The van der Waals surface area contributed by atoms with Crippen LogP contribution >= 0.6 is 0 Å². The summed E-state index contributed by atoms with van der Waals surface area (Å²) in [7, 11) is 0. The average molecular weight is 414 g/mol. The van der Waals surface area contributed by atoms with Crippen molar-refractivity contribution in [2.75, 3.05) is 0 Å². The Morgan fingerprint density at radius 2 is 1.26 bits per heavy atom. The summed E-state index contributed by atoms with van der Waals surface area (Å²) in [6.07, 6.45) is -10.2. The van der Waals surface area contributed by atoms with Crippen LogP contribution < -0.4 is 0 Å². The molecule has 0 aliphatic heterocycles. The average Bonchev–Trinajstić information content (AvgIpc) is 2.50. The lowest BCUT2D eigenvalue weighted by molar-refractivity contribution is -0.367. The van der Waals surface area contributed by atoms with Crippen LogP contribution in [0.1, 0.15) is 54.9 Å². The van der Waals surface area contributed by atoms with Crippen LogP contribution in [0.3, 0.4) is 0 Å². The minimum atomic E-state index is -6.16. The van der Waals surface area contributed by atoms with Crippen LogP contribution in [0, 0.1) is 22.2 Å². The molecule has 0 nitrogen and oxygen atoms in total. The second-order valence-corrected chi connectivity index (χ2v) is 8.33. The van der Waals surface area contributed by atoms with Crippen LogP contribution in [-0.2, 0) is 0 Å². The van der Waals surface area contributed by atoms with Gasteiger partial charge in [0.15, 0.2) is 0 Å². The number of alkyl halides is 8. The first kappa shape index (κ1) is 26.1. The lowest BCUT2D eigenvalue weighted by Crippen LogP contribution is -2.70. The van der Waals surface area contributed by atoms with Crippen molar-refractivity contribution < 1.29 is 39.5 Å². The van der Waals surface area contributed by atoms with Gasteiger partial charge in [0, 0.05) is 22.2 Å². The third kappa shape index (κ3) is 3.48. The van der Waals surface area contributed by atoms with Gasteiger partial charge in [0.1, 0.15) is 0 Å². The fourth-order valence-electron chi connectivity index (χ4n) is 3.11. The largest absolute Gasteiger partial charge is 0.428 e. The van der Waals surface area contributed by atoms with Gasteiger partial charge < -0.3 is 0 Å². The summed E-state index contributed by atoms with van der Waals surface area (Å²) in [5.74, 6) is -9.40. The molecule has 9 heteroatoms. The van der Waals surface area contributed by atoms with E-state index in [9.17, 15) is 26.3 Å². The maximum atomic E-state index is 15.4. The standard InChI is InChI=1S/C18H27F9/c1-9-15(8,12(20)21)14(6,7)17(23,24)16(22,18(25,26)27)10(2)13(4,5)11(3)19/h10,12H,3,9H2,1-2,4-8H3. The molecule has 0 amide bonds. The van der Waals surface area contributed by atoms with Gasteiger partial charge in [-0.05, 0) is 6.42 Å². The van der Waals surface area contributed by atoms with Crippen LogP contribution in [0.2, 0.25) is 0 Å². The Morgan fingerprint density at radius 1 is 0.889 bits per heavy atom. The molecule has 0 aliphatic rings. The van der Waals surface area contributed by atoms with Crippen LogP contribution in [0.25, 0.3) is 0 Å². The van der Waals surface area contributed by atoms with Gasteiger partial charge in [-0.25, -0.2) is 26.3 Å². The van der Waals surface area contributed by atoms with Gasteiger partial charge in [-0.1, -0.05) is 55.0 Å². The summed E-state index contributed by atoms with van der Waals surface area (Å²) in [5, 5.41) is 0. The van der Waals surface area contributed by atoms with E-state index < -0.39 is 58.6 Å². The lowest BCUT2D eigenvalue weighted by Gasteiger charge is -2.54. The summed E-state index contributed by atoms with van der Waals surface area (Å²) < 4.78 is 128. The molecule has 0 saturated carbocycles. The molecule has 27 heavy (non-hydrogen) atoms. The molecular weight excluding hydrogens is 387 g/mol. The van der Waals surface area contributed by atoms with E-state index in [-0.39, 0.29) is 0 Å². The Balaban J connectivity index is 6.92. The Hall–Kier alpha value is -0.890. The molecular formula is C18H27F9. The first-order valence-electron chi connectivity index (χ1n) is 8.37. The number of hydrogen-bond acceptors (Lipinski definition) is 0. The van der Waals surface area contributed by atoms with Crippen LogP contribution in [0.4, 0.5) is 39.5 Å². The van der Waals surface area contributed by atoms with E-state index in [1.54, 1.807) is 0 Å². The summed E-state index contributed by atoms with van der Waals surface area (Å²) in [5.41, 5.74) is -13.4. The number of halogens is 9. The number of allylic oxidation sites excluding steroid dienone is 1. The smallest absolute Gasteiger partial charge is 0.227 e. The fraction of sp³-hybridized carbons (Fsp3) is 0.889. The first-order valence-corrected chi connectivity index (χ1v) is 8.37. The second-order valence-electron chi connectivity index (χ2n) is 8.33. The zero-order chi connectivity index (χ0) is 22.4. The third-order valence-corrected chi connectivity index (χ3v) is 6.68. The van der Waals surface area contributed by atoms with Gasteiger partial charge in [0.2, 0.25) is 6.43 Å². The SMILES string of the molecule is C=C(F)C(C)(C)C(C)C(F)(C(F)(F)F)C(F)(F)C(C)(C)C(C)(CC)C(F)F.